The van der Waals surface area contributed by atoms with Crippen LogP contribution in [-0.4, -0.2) is 0 Å². The average Bonchev–Trinajstić information content (AvgIpc) is 2.85. The molecule has 0 saturated carbocycles. The van der Waals surface area contributed by atoms with Crippen LogP contribution in [0.15, 0.2) is 48.5 Å². The van der Waals surface area contributed by atoms with Gasteiger partial charge in [-0.2, -0.15) is 0 Å². The van der Waals surface area contributed by atoms with Crippen LogP contribution in [0.3, 0.4) is 0 Å². The van der Waals surface area contributed by atoms with Gasteiger partial charge in [0.05, 0.1) is 0 Å². The third-order valence-corrected chi connectivity index (χ3v) is 3.05. The lowest BCUT2D eigenvalue weighted by molar-refractivity contribution is 0.306. The maximum Gasteiger partial charge on any atom is 0.119 e. The van der Waals surface area contributed by atoms with Gasteiger partial charge in [0.15, 0.2) is 0 Å². The fourth-order valence-electron chi connectivity index (χ4n) is 2.12. The minimum atomic E-state index is 0.636. The summed E-state index contributed by atoms with van der Waals surface area (Å²) in [6, 6.07) is 16.5. The van der Waals surface area contributed by atoms with Crippen LogP contribution in [0.4, 0.5) is 0 Å². The monoisotopic (exact) mass is 225 g/mol. The number of fused-ring (bicyclic) bond motifs is 1. The second-order valence-electron chi connectivity index (χ2n) is 4.31. The maximum absolute atomic E-state index is 5.73. The van der Waals surface area contributed by atoms with Gasteiger partial charge in [-0.25, -0.2) is 0 Å². The van der Waals surface area contributed by atoms with E-state index in [2.05, 4.69) is 23.5 Å². The Morgan fingerprint density at radius 2 is 1.76 bits per heavy atom. The molecule has 0 radical (unpaired) electrons. The van der Waals surface area contributed by atoms with Crippen LogP contribution in [-0.2, 0) is 19.7 Å². The normalized spacial score (nSPS) is 13.4. The first-order valence-corrected chi connectivity index (χ1v) is 5.91. The molecule has 1 N–H and O–H groups in total. The number of ether oxygens (including phenoxy) is 1. The molecule has 0 aliphatic carbocycles. The molecule has 1 heterocycles. The molecule has 2 aromatic carbocycles. The maximum atomic E-state index is 5.73. The zero-order chi connectivity index (χ0) is 11.5. The Balaban J connectivity index is 1.70. The highest BCUT2D eigenvalue weighted by Gasteiger charge is 2.09. The Labute approximate surface area is 101 Å². The molecule has 2 heteroatoms. The molecular formula is C15H15NO. The Morgan fingerprint density at radius 1 is 0.941 bits per heavy atom. The molecule has 1 aliphatic rings. The summed E-state index contributed by atoms with van der Waals surface area (Å²) in [6.45, 7) is 2.61. The molecule has 0 amide bonds. The summed E-state index contributed by atoms with van der Waals surface area (Å²) in [5, 5.41) is 3.35. The van der Waals surface area contributed by atoms with E-state index >= 15 is 0 Å². The Bertz CT molecular complexity index is 508. The minimum absolute atomic E-state index is 0.636. The molecule has 0 unspecified atom stereocenters. The molecule has 1 aliphatic heterocycles. The summed E-state index contributed by atoms with van der Waals surface area (Å²) in [5.41, 5.74) is 4.05. The van der Waals surface area contributed by atoms with Crippen LogP contribution in [0.25, 0.3) is 0 Å². The standard InChI is InChI=1S/C15H15NO/c1-2-4-15(5-3-1)17-11-12-6-7-13-9-16-10-14(13)8-12/h1-8,16H,9-11H2. The lowest BCUT2D eigenvalue weighted by atomic mass is 10.1. The fourth-order valence-corrected chi connectivity index (χ4v) is 2.12. The van der Waals surface area contributed by atoms with E-state index < -0.39 is 0 Å². The van der Waals surface area contributed by atoms with Gasteiger partial charge in [-0.1, -0.05) is 36.4 Å². The van der Waals surface area contributed by atoms with Crippen LogP contribution < -0.4 is 10.1 Å². The van der Waals surface area contributed by atoms with E-state index in [4.69, 9.17) is 4.74 Å². The largest absolute Gasteiger partial charge is 0.489 e. The number of para-hydroxylation sites is 1. The number of hydrogen-bond acceptors (Lipinski definition) is 2. The lowest BCUT2D eigenvalue weighted by Gasteiger charge is -2.07. The first-order valence-electron chi connectivity index (χ1n) is 5.91. The molecular weight excluding hydrogens is 210 g/mol. The molecule has 0 aromatic heterocycles. The molecule has 0 fully saturated rings. The van der Waals surface area contributed by atoms with E-state index in [-0.39, 0.29) is 0 Å². The van der Waals surface area contributed by atoms with E-state index in [0.29, 0.717) is 6.61 Å². The van der Waals surface area contributed by atoms with Crippen molar-refractivity contribution in [1.82, 2.24) is 5.32 Å². The van der Waals surface area contributed by atoms with Crippen molar-refractivity contribution in [3.05, 3.63) is 65.2 Å². The van der Waals surface area contributed by atoms with E-state index in [1.165, 1.54) is 16.7 Å². The minimum Gasteiger partial charge on any atom is -0.489 e. The summed E-state index contributed by atoms with van der Waals surface area (Å²) in [7, 11) is 0. The highest BCUT2D eigenvalue weighted by molar-refractivity contribution is 5.34. The van der Waals surface area contributed by atoms with E-state index in [0.717, 1.165) is 18.8 Å². The molecule has 86 valence electrons. The average molecular weight is 225 g/mol. The highest BCUT2D eigenvalue weighted by atomic mass is 16.5. The first-order chi connectivity index (χ1) is 8.42. The van der Waals surface area contributed by atoms with Crippen molar-refractivity contribution in [2.45, 2.75) is 19.7 Å². The SMILES string of the molecule is c1ccc(OCc2ccc3c(c2)CNC3)cc1. The Morgan fingerprint density at radius 3 is 2.65 bits per heavy atom. The van der Waals surface area contributed by atoms with Crippen molar-refractivity contribution < 1.29 is 4.74 Å². The van der Waals surface area contributed by atoms with Gasteiger partial charge < -0.3 is 10.1 Å². The lowest BCUT2D eigenvalue weighted by Crippen LogP contribution is -2.00. The smallest absolute Gasteiger partial charge is 0.119 e. The third-order valence-electron chi connectivity index (χ3n) is 3.05. The van der Waals surface area contributed by atoms with Crippen molar-refractivity contribution in [2.24, 2.45) is 0 Å². The molecule has 0 saturated heterocycles. The van der Waals surface area contributed by atoms with Gasteiger partial charge in [-0.05, 0) is 28.8 Å². The van der Waals surface area contributed by atoms with Gasteiger partial charge in [0.25, 0.3) is 0 Å². The quantitative estimate of drug-likeness (QED) is 0.867. The Kier molecular flexibility index (Phi) is 2.80. The predicted molar refractivity (Wildman–Crippen MR) is 67.8 cm³/mol. The number of rotatable bonds is 3. The molecule has 2 nitrogen and oxygen atoms in total. The van der Waals surface area contributed by atoms with Crippen LogP contribution in [0.2, 0.25) is 0 Å². The van der Waals surface area contributed by atoms with Gasteiger partial charge in [0.2, 0.25) is 0 Å². The second kappa shape index (κ2) is 4.60. The van der Waals surface area contributed by atoms with E-state index in [1.54, 1.807) is 0 Å². The molecule has 0 bridgehead atoms. The van der Waals surface area contributed by atoms with Gasteiger partial charge in [0.1, 0.15) is 12.4 Å². The topological polar surface area (TPSA) is 21.3 Å². The number of nitrogens with one attached hydrogen (secondary N) is 1. The van der Waals surface area contributed by atoms with Crippen LogP contribution in [0.1, 0.15) is 16.7 Å². The molecule has 3 rings (SSSR count). The first kappa shape index (κ1) is 10.4. The van der Waals surface area contributed by atoms with Crippen molar-refractivity contribution in [2.75, 3.05) is 0 Å². The van der Waals surface area contributed by atoms with Gasteiger partial charge in [0, 0.05) is 13.1 Å². The second-order valence-corrected chi connectivity index (χ2v) is 4.31. The van der Waals surface area contributed by atoms with Crippen LogP contribution in [0, 0.1) is 0 Å². The van der Waals surface area contributed by atoms with Crippen LogP contribution in [0.5, 0.6) is 5.75 Å². The van der Waals surface area contributed by atoms with Crippen molar-refractivity contribution in [3.8, 4) is 5.75 Å². The molecule has 2 aromatic rings. The van der Waals surface area contributed by atoms with Gasteiger partial charge in [-0.3, -0.25) is 0 Å². The van der Waals surface area contributed by atoms with E-state index in [1.807, 2.05) is 30.3 Å². The summed E-state index contributed by atoms with van der Waals surface area (Å²) in [6.07, 6.45) is 0. The number of hydrogen-bond donors (Lipinski definition) is 1. The van der Waals surface area contributed by atoms with Crippen molar-refractivity contribution in [1.29, 1.82) is 0 Å². The van der Waals surface area contributed by atoms with Crippen molar-refractivity contribution in [3.63, 3.8) is 0 Å². The molecule has 0 spiro atoms. The zero-order valence-corrected chi connectivity index (χ0v) is 9.65. The predicted octanol–water partition coefficient (Wildman–Crippen LogP) is 2.87. The van der Waals surface area contributed by atoms with Gasteiger partial charge >= 0.3 is 0 Å². The zero-order valence-electron chi connectivity index (χ0n) is 9.65. The number of benzene rings is 2. The van der Waals surface area contributed by atoms with E-state index in [9.17, 15) is 0 Å². The summed E-state index contributed by atoms with van der Waals surface area (Å²) >= 11 is 0. The van der Waals surface area contributed by atoms with Crippen molar-refractivity contribution >= 4 is 0 Å². The Hall–Kier alpha value is -1.80. The van der Waals surface area contributed by atoms with Crippen LogP contribution >= 0.6 is 0 Å². The fraction of sp³-hybridized carbons (Fsp3) is 0.200. The highest BCUT2D eigenvalue weighted by Crippen LogP contribution is 2.18. The summed E-state index contributed by atoms with van der Waals surface area (Å²) in [5.74, 6) is 0.922. The molecule has 17 heavy (non-hydrogen) atoms. The third kappa shape index (κ3) is 2.32. The van der Waals surface area contributed by atoms with Gasteiger partial charge in [-0.15, -0.1) is 0 Å². The summed E-state index contributed by atoms with van der Waals surface area (Å²) < 4.78 is 5.73. The summed E-state index contributed by atoms with van der Waals surface area (Å²) in [4.78, 5) is 0. The molecule has 0 atom stereocenters.